The number of hydrogen-bond donors (Lipinski definition) is 4. The number of allylic oxidation sites excluding steroid dienone is 1. The second-order valence-electron chi connectivity index (χ2n) is 8.79. The van der Waals surface area contributed by atoms with Crippen LogP contribution in [0.4, 0.5) is 11.5 Å². The molecular weight excluding hydrogens is 468 g/mol. The molecule has 192 valence electrons. The highest BCUT2D eigenvalue weighted by Crippen LogP contribution is 2.30. The van der Waals surface area contributed by atoms with Gasteiger partial charge in [0.2, 0.25) is 0 Å². The number of benzene rings is 2. The molecule has 0 fully saturated rings. The van der Waals surface area contributed by atoms with Gasteiger partial charge in [0.1, 0.15) is 11.6 Å². The number of fused-ring (bicyclic) bond motifs is 1. The molecule has 9 heteroatoms. The number of nitrogens with two attached hydrogens (primary N) is 1. The summed E-state index contributed by atoms with van der Waals surface area (Å²) in [6.45, 7) is 4.95. The van der Waals surface area contributed by atoms with E-state index in [2.05, 4.69) is 10.6 Å². The van der Waals surface area contributed by atoms with Crippen LogP contribution in [0.15, 0.2) is 54.7 Å². The van der Waals surface area contributed by atoms with Gasteiger partial charge in [0.15, 0.2) is 12.4 Å². The molecular formula is C28H32N6O3. The van der Waals surface area contributed by atoms with Crippen LogP contribution in [0.25, 0.3) is 17.0 Å². The molecule has 1 atom stereocenters. The largest absolute Gasteiger partial charge is 0.484 e. The molecule has 1 amide bonds. The number of hydrogen-bond acceptors (Lipinski definition) is 8. The Morgan fingerprint density at radius 2 is 2.05 bits per heavy atom. The van der Waals surface area contributed by atoms with Crippen LogP contribution in [-0.2, 0) is 22.6 Å². The third-order valence-electron chi connectivity index (χ3n) is 6.12. The summed E-state index contributed by atoms with van der Waals surface area (Å²) < 4.78 is 11.4. The minimum atomic E-state index is -0.156. The number of nitrogens with one attached hydrogen (secondary N) is 3. The second-order valence-corrected chi connectivity index (χ2v) is 8.79. The average molecular weight is 501 g/mol. The van der Waals surface area contributed by atoms with Crippen molar-refractivity contribution >= 4 is 29.2 Å². The zero-order valence-electron chi connectivity index (χ0n) is 21.1. The van der Waals surface area contributed by atoms with Gasteiger partial charge in [0, 0.05) is 47.3 Å². The Hall–Kier alpha value is -4.24. The van der Waals surface area contributed by atoms with Gasteiger partial charge < -0.3 is 31.3 Å². The third kappa shape index (κ3) is 6.50. The molecule has 0 bridgehead atoms. The average Bonchev–Trinajstić information content (AvgIpc) is 2.93. The number of amides is 1. The van der Waals surface area contributed by atoms with E-state index in [0.717, 1.165) is 34.5 Å². The lowest BCUT2D eigenvalue weighted by Crippen LogP contribution is -2.35. The molecule has 9 nitrogen and oxygen atoms in total. The zero-order valence-corrected chi connectivity index (χ0v) is 21.1. The Bertz CT molecular complexity index is 1290. The van der Waals surface area contributed by atoms with Gasteiger partial charge in [0.25, 0.3) is 5.91 Å². The predicted octanol–water partition coefficient (Wildman–Crippen LogP) is 4.20. The fraction of sp³-hybridized carbons (Fsp3) is 0.286. The summed E-state index contributed by atoms with van der Waals surface area (Å²) >= 11 is 0. The highest BCUT2D eigenvalue weighted by Gasteiger charge is 2.20. The minimum Gasteiger partial charge on any atom is -0.484 e. The maximum Gasteiger partial charge on any atom is 0.258 e. The monoisotopic (exact) mass is 500 g/mol. The van der Waals surface area contributed by atoms with Gasteiger partial charge in [-0.2, -0.15) is 0 Å². The first-order valence-corrected chi connectivity index (χ1v) is 12.3. The maximum absolute atomic E-state index is 12.1. The predicted molar refractivity (Wildman–Crippen MR) is 145 cm³/mol. The second kappa shape index (κ2) is 12.1. The van der Waals surface area contributed by atoms with Gasteiger partial charge in [-0.25, -0.2) is 9.97 Å². The van der Waals surface area contributed by atoms with Gasteiger partial charge in [-0.1, -0.05) is 31.2 Å². The molecule has 3 aromatic rings. The van der Waals surface area contributed by atoms with E-state index in [1.54, 1.807) is 0 Å². The summed E-state index contributed by atoms with van der Waals surface area (Å²) in [5.74, 6) is 1.65. The Kier molecular flexibility index (Phi) is 8.48. The highest BCUT2D eigenvalue weighted by atomic mass is 16.5. The molecule has 1 aromatic heterocycles. The summed E-state index contributed by atoms with van der Waals surface area (Å²) in [5, 5.41) is 13.8. The van der Waals surface area contributed by atoms with Crippen LogP contribution in [0.2, 0.25) is 0 Å². The van der Waals surface area contributed by atoms with Crippen LogP contribution in [0.5, 0.6) is 5.75 Å². The van der Waals surface area contributed by atoms with Crippen LogP contribution in [0, 0.1) is 5.41 Å². The van der Waals surface area contributed by atoms with Gasteiger partial charge >= 0.3 is 0 Å². The number of nitrogens with zero attached hydrogens (tertiary/aromatic N) is 2. The molecule has 5 N–H and O–H groups in total. The zero-order chi connectivity index (χ0) is 26.2. The van der Waals surface area contributed by atoms with Crippen LogP contribution in [0.3, 0.4) is 0 Å². The fourth-order valence-corrected chi connectivity index (χ4v) is 3.87. The lowest BCUT2D eigenvalue weighted by molar-refractivity contribution is -0.123. The Morgan fingerprint density at radius 1 is 1.24 bits per heavy atom. The van der Waals surface area contributed by atoms with E-state index in [4.69, 9.17) is 30.6 Å². The van der Waals surface area contributed by atoms with Crippen molar-refractivity contribution in [3.63, 3.8) is 0 Å². The quantitative estimate of drug-likeness (QED) is 0.306. The molecule has 2 heterocycles. The number of rotatable bonds is 10. The van der Waals surface area contributed by atoms with Crippen molar-refractivity contribution in [3.8, 4) is 17.1 Å². The van der Waals surface area contributed by atoms with Gasteiger partial charge in [0.05, 0.1) is 18.9 Å². The van der Waals surface area contributed by atoms with Crippen molar-refractivity contribution in [1.82, 2.24) is 15.3 Å². The standard InChI is InChI=1S/C28H32N6O3/c1-3-18(2)31-26(35)17-37-23-6-4-5-20(13-23)27-33-25-11-12-36-16-24(25)28(34-27)32-22-9-7-19(8-10-22)21(14-29)15-30/h4-10,13-15,18,29H,3,11-12,16-17,30H2,1-2H3,(H,31,35)(H,32,33,34)/b21-15+,29-14?. The Morgan fingerprint density at radius 3 is 2.78 bits per heavy atom. The molecule has 37 heavy (non-hydrogen) atoms. The molecule has 0 radical (unpaired) electrons. The fourth-order valence-electron chi connectivity index (χ4n) is 3.87. The molecule has 2 aromatic carbocycles. The number of ether oxygens (including phenoxy) is 2. The first-order valence-electron chi connectivity index (χ1n) is 12.3. The minimum absolute atomic E-state index is 0.0575. The van der Waals surface area contributed by atoms with Crippen molar-refractivity contribution in [3.05, 3.63) is 71.6 Å². The van der Waals surface area contributed by atoms with E-state index in [1.807, 2.05) is 62.4 Å². The van der Waals surface area contributed by atoms with Crippen LogP contribution in [-0.4, -0.2) is 41.3 Å². The Labute approximate surface area is 216 Å². The van der Waals surface area contributed by atoms with Crippen LogP contribution >= 0.6 is 0 Å². The smallest absolute Gasteiger partial charge is 0.258 e. The van der Waals surface area contributed by atoms with Crippen LogP contribution in [0.1, 0.15) is 37.1 Å². The lowest BCUT2D eigenvalue weighted by Gasteiger charge is -2.20. The molecule has 4 rings (SSSR count). The molecule has 0 aliphatic carbocycles. The van der Waals surface area contributed by atoms with Crippen molar-refractivity contribution in [1.29, 1.82) is 5.41 Å². The summed E-state index contributed by atoms with van der Waals surface area (Å²) in [6.07, 6.45) is 4.19. The van der Waals surface area contributed by atoms with Crippen molar-refractivity contribution in [2.24, 2.45) is 5.73 Å². The number of aromatic nitrogens is 2. The third-order valence-corrected chi connectivity index (χ3v) is 6.12. The van der Waals surface area contributed by atoms with E-state index < -0.39 is 0 Å². The summed E-state index contributed by atoms with van der Waals surface area (Å²) in [5.41, 5.74) is 10.6. The molecule has 1 unspecified atom stereocenters. The number of carbonyl (C=O) groups excluding carboxylic acids is 1. The SMILES string of the molecule is CCC(C)NC(=O)COc1cccc(-c2nc3c(c(Nc4ccc(/C(C=N)=C/N)cc4)n2)COCC3)c1. The molecule has 1 aliphatic rings. The molecule has 1 aliphatic heterocycles. The van der Waals surface area contributed by atoms with Gasteiger partial charge in [-0.05, 0) is 43.2 Å². The number of anilines is 2. The first-order chi connectivity index (χ1) is 18.0. The Balaban J connectivity index is 1.57. The number of carbonyl (C=O) groups is 1. The van der Waals surface area contributed by atoms with Gasteiger partial charge in [-0.3, -0.25) is 4.79 Å². The summed E-state index contributed by atoms with van der Waals surface area (Å²) in [6, 6.07) is 15.2. The highest BCUT2D eigenvalue weighted by molar-refractivity contribution is 6.08. The topological polar surface area (TPSA) is 135 Å². The van der Waals surface area contributed by atoms with E-state index >= 15 is 0 Å². The van der Waals surface area contributed by atoms with Crippen LogP contribution < -0.4 is 21.1 Å². The summed E-state index contributed by atoms with van der Waals surface area (Å²) in [4.78, 5) is 21.8. The maximum atomic E-state index is 12.1. The molecule has 0 saturated carbocycles. The van der Waals surface area contributed by atoms with E-state index in [-0.39, 0.29) is 18.6 Å². The van der Waals surface area contributed by atoms with E-state index in [0.29, 0.717) is 42.6 Å². The lowest BCUT2D eigenvalue weighted by atomic mass is 10.1. The van der Waals surface area contributed by atoms with E-state index in [1.165, 1.54) is 12.4 Å². The van der Waals surface area contributed by atoms with Crippen molar-refractivity contribution < 1.29 is 14.3 Å². The van der Waals surface area contributed by atoms with Gasteiger partial charge in [-0.15, -0.1) is 0 Å². The first kappa shape index (κ1) is 25.8. The van der Waals surface area contributed by atoms with E-state index in [9.17, 15) is 4.79 Å². The normalized spacial score (nSPS) is 13.8. The summed E-state index contributed by atoms with van der Waals surface area (Å²) in [7, 11) is 0. The van der Waals surface area contributed by atoms with Crippen molar-refractivity contribution in [2.75, 3.05) is 18.5 Å². The van der Waals surface area contributed by atoms with Crippen molar-refractivity contribution in [2.45, 2.75) is 39.3 Å². The molecule has 0 spiro atoms. The molecule has 0 saturated heterocycles.